The van der Waals surface area contributed by atoms with Gasteiger partial charge in [-0.25, -0.2) is 4.98 Å². The fourth-order valence-electron chi connectivity index (χ4n) is 1.07. The topological polar surface area (TPSA) is 22.1 Å². The van der Waals surface area contributed by atoms with Gasteiger partial charge in [0, 0.05) is 5.38 Å². The molecule has 1 unspecified atom stereocenters. The molecule has 0 spiro atoms. The van der Waals surface area contributed by atoms with Crippen LogP contribution >= 0.6 is 11.3 Å². The fraction of sp³-hybridized carbons (Fsp3) is 0.375. The molecule has 2 heterocycles. The molecule has 11 heavy (non-hydrogen) atoms. The lowest BCUT2D eigenvalue weighted by atomic mass is 10.1. The summed E-state index contributed by atoms with van der Waals surface area (Å²) < 4.78 is 5.46. The largest absolute Gasteiger partial charge is 0.368 e. The third kappa shape index (κ3) is 1.49. The molecule has 0 fully saturated rings. The van der Waals surface area contributed by atoms with E-state index in [0.29, 0.717) is 6.61 Å². The molecule has 1 aromatic rings. The minimum Gasteiger partial charge on any atom is -0.368 e. The Morgan fingerprint density at radius 3 is 3.27 bits per heavy atom. The van der Waals surface area contributed by atoms with E-state index in [2.05, 4.69) is 16.6 Å². The molecular weight excluding hydrogens is 158 g/mol. The standard InChI is InChI=1S/C8H8NOS/c1-2-4-10-8(3-1)7-5-11-6-9-7/h1-2,5,8H,3-4H2. The number of hydrogen-bond acceptors (Lipinski definition) is 3. The lowest BCUT2D eigenvalue weighted by Crippen LogP contribution is -2.07. The second-order valence-corrected chi connectivity index (χ2v) is 3.05. The molecular formula is C8H8NOS. The van der Waals surface area contributed by atoms with Gasteiger partial charge in [0.25, 0.3) is 0 Å². The first-order valence-corrected chi connectivity index (χ1v) is 4.43. The van der Waals surface area contributed by atoms with Gasteiger partial charge in [-0.3, -0.25) is 0 Å². The van der Waals surface area contributed by atoms with E-state index in [-0.39, 0.29) is 6.10 Å². The SMILES string of the molecule is [c]1nc(C2CC=CCO2)cs1. The van der Waals surface area contributed by atoms with Crippen LogP contribution in [0.1, 0.15) is 18.2 Å². The summed E-state index contributed by atoms with van der Waals surface area (Å²) in [5.41, 5.74) is 3.83. The van der Waals surface area contributed by atoms with Gasteiger partial charge in [0.15, 0.2) is 5.51 Å². The third-order valence-electron chi connectivity index (χ3n) is 1.65. The summed E-state index contributed by atoms with van der Waals surface area (Å²) in [6.45, 7) is 0.711. The number of nitrogens with zero attached hydrogens (tertiary/aromatic N) is 1. The second-order valence-electron chi connectivity index (χ2n) is 2.39. The Labute approximate surface area is 69.5 Å². The van der Waals surface area contributed by atoms with Crippen molar-refractivity contribution in [3.8, 4) is 0 Å². The molecule has 0 bridgehead atoms. The van der Waals surface area contributed by atoms with E-state index in [9.17, 15) is 0 Å². The van der Waals surface area contributed by atoms with Crippen molar-refractivity contribution in [1.82, 2.24) is 4.98 Å². The van der Waals surface area contributed by atoms with Crippen LogP contribution in [0, 0.1) is 5.51 Å². The van der Waals surface area contributed by atoms with Crippen LogP contribution in [0.4, 0.5) is 0 Å². The molecule has 0 aliphatic carbocycles. The summed E-state index contributed by atoms with van der Waals surface area (Å²) in [6, 6.07) is 0. The molecule has 0 saturated carbocycles. The number of aromatic nitrogens is 1. The van der Waals surface area contributed by atoms with Crippen LogP contribution in [-0.4, -0.2) is 11.6 Å². The van der Waals surface area contributed by atoms with Crippen molar-refractivity contribution in [3.05, 3.63) is 28.7 Å². The Morgan fingerprint density at radius 2 is 2.64 bits per heavy atom. The molecule has 1 aromatic heterocycles. The summed E-state index contributed by atoms with van der Waals surface area (Å²) in [5, 5.41) is 1.99. The van der Waals surface area contributed by atoms with Crippen molar-refractivity contribution in [3.63, 3.8) is 0 Å². The lowest BCUT2D eigenvalue weighted by Gasteiger charge is -2.15. The summed E-state index contributed by atoms with van der Waals surface area (Å²) >= 11 is 1.49. The van der Waals surface area contributed by atoms with Gasteiger partial charge in [-0.15, -0.1) is 11.3 Å². The van der Waals surface area contributed by atoms with E-state index >= 15 is 0 Å². The van der Waals surface area contributed by atoms with Crippen molar-refractivity contribution < 1.29 is 4.74 Å². The van der Waals surface area contributed by atoms with Crippen molar-refractivity contribution in [2.45, 2.75) is 12.5 Å². The second kappa shape index (κ2) is 3.15. The van der Waals surface area contributed by atoms with Crippen LogP contribution in [0.3, 0.4) is 0 Å². The smallest absolute Gasteiger partial charge is 0.152 e. The molecule has 0 N–H and O–H groups in total. The molecule has 2 rings (SSSR count). The number of hydrogen-bond donors (Lipinski definition) is 0. The minimum atomic E-state index is 0.169. The Kier molecular flexibility index (Phi) is 2.01. The fourth-order valence-corrected chi connectivity index (χ4v) is 1.61. The third-order valence-corrected chi connectivity index (χ3v) is 2.20. The first-order valence-electron chi connectivity index (χ1n) is 3.55. The van der Waals surface area contributed by atoms with Crippen molar-refractivity contribution in [1.29, 1.82) is 0 Å². The van der Waals surface area contributed by atoms with Gasteiger partial charge in [0.1, 0.15) is 6.10 Å². The quantitative estimate of drug-likeness (QED) is 0.595. The monoisotopic (exact) mass is 166 g/mol. The van der Waals surface area contributed by atoms with Crippen LogP contribution in [0.15, 0.2) is 17.5 Å². The summed E-state index contributed by atoms with van der Waals surface area (Å²) in [6.07, 6.45) is 5.28. The van der Waals surface area contributed by atoms with Gasteiger partial charge in [-0.2, -0.15) is 0 Å². The Bertz CT molecular complexity index is 243. The van der Waals surface area contributed by atoms with Crippen molar-refractivity contribution in [2.75, 3.05) is 6.61 Å². The molecule has 1 radical (unpaired) electrons. The number of ether oxygens (including phenoxy) is 1. The highest BCUT2D eigenvalue weighted by molar-refractivity contribution is 7.07. The highest BCUT2D eigenvalue weighted by atomic mass is 32.1. The zero-order chi connectivity index (χ0) is 7.52. The molecule has 1 aliphatic heterocycles. The van der Waals surface area contributed by atoms with Crippen LogP contribution in [-0.2, 0) is 4.74 Å². The Balaban J connectivity index is 2.11. The molecule has 2 nitrogen and oxygen atoms in total. The van der Waals surface area contributed by atoms with E-state index in [1.807, 2.05) is 11.5 Å². The van der Waals surface area contributed by atoms with Crippen LogP contribution in [0.5, 0.6) is 0 Å². The van der Waals surface area contributed by atoms with Gasteiger partial charge in [0.2, 0.25) is 0 Å². The zero-order valence-corrected chi connectivity index (χ0v) is 6.80. The number of rotatable bonds is 1. The molecule has 0 aromatic carbocycles. The molecule has 1 atom stereocenters. The molecule has 0 saturated heterocycles. The van der Waals surface area contributed by atoms with E-state index in [0.717, 1.165) is 12.1 Å². The summed E-state index contributed by atoms with van der Waals surface area (Å²) in [4.78, 5) is 4.07. The zero-order valence-electron chi connectivity index (χ0n) is 5.99. The van der Waals surface area contributed by atoms with Gasteiger partial charge in [-0.1, -0.05) is 12.2 Å². The first-order chi connectivity index (χ1) is 5.47. The summed E-state index contributed by atoms with van der Waals surface area (Å²) in [5.74, 6) is 0. The highest BCUT2D eigenvalue weighted by Gasteiger charge is 2.13. The van der Waals surface area contributed by atoms with Crippen LogP contribution in [0.25, 0.3) is 0 Å². The van der Waals surface area contributed by atoms with E-state index < -0.39 is 0 Å². The van der Waals surface area contributed by atoms with Gasteiger partial charge < -0.3 is 4.74 Å². The predicted molar refractivity (Wildman–Crippen MR) is 43.4 cm³/mol. The predicted octanol–water partition coefficient (Wildman–Crippen LogP) is 1.96. The highest BCUT2D eigenvalue weighted by Crippen LogP contribution is 2.23. The normalized spacial score (nSPS) is 23.8. The number of thiazole rings is 1. The van der Waals surface area contributed by atoms with Crippen LogP contribution in [0.2, 0.25) is 0 Å². The van der Waals surface area contributed by atoms with Gasteiger partial charge >= 0.3 is 0 Å². The Hall–Kier alpha value is -0.670. The maximum atomic E-state index is 5.46. The van der Waals surface area contributed by atoms with E-state index in [1.165, 1.54) is 11.3 Å². The molecule has 3 heteroatoms. The maximum absolute atomic E-state index is 5.46. The average Bonchev–Trinajstić information content (AvgIpc) is 2.58. The summed E-state index contributed by atoms with van der Waals surface area (Å²) in [7, 11) is 0. The molecule has 57 valence electrons. The average molecular weight is 166 g/mol. The molecule has 1 aliphatic rings. The van der Waals surface area contributed by atoms with Gasteiger partial charge in [-0.05, 0) is 6.42 Å². The van der Waals surface area contributed by atoms with Crippen LogP contribution < -0.4 is 0 Å². The molecule has 0 amide bonds. The van der Waals surface area contributed by atoms with Crippen molar-refractivity contribution >= 4 is 11.3 Å². The minimum absolute atomic E-state index is 0.169. The Morgan fingerprint density at radius 1 is 1.64 bits per heavy atom. The van der Waals surface area contributed by atoms with Gasteiger partial charge in [0.05, 0.1) is 12.3 Å². The van der Waals surface area contributed by atoms with Crippen molar-refractivity contribution in [2.24, 2.45) is 0 Å². The lowest BCUT2D eigenvalue weighted by molar-refractivity contribution is 0.0650. The maximum Gasteiger partial charge on any atom is 0.152 e. The van der Waals surface area contributed by atoms with E-state index in [4.69, 9.17) is 4.74 Å². The van der Waals surface area contributed by atoms with E-state index in [1.54, 1.807) is 0 Å². The first kappa shape index (κ1) is 7.00.